The molecule has 16 heavy (non-hydrogen) atoms. The second-order valence-electron chi connectivity index (χ2n) is 3.63. The lowest BCUT2D eigenvalue weighted by molar-refractivity contribution is -0.388. The fourth-order valence-electron chi connectivity index (χ4n) is 1.00. The van der Waals surface area contributed by atoms with Crippen LogP contribution in [0.2, 0.25) is 0 Å². The maximum Gasteiger partial charge on any atom is 0.301 e. The van der Waals surface area contributed by atoms with Gasteiger partial charge in [0, 0.05) is 11.8 Å². The van der Waals surface area contributed by atoms with Gasteiger partial charge in [-0.05, 0) is 12.0 Å². The summed E-state index contributed by atoms with van der Waals surface area (Å²) in [5, 5.41) is 11.2. The van der Waals surface area contributed by atoms with Gasteiger partial charge in [0.1, 0.15) is 5.82 Å². The number of nitrogen functional groups attached to an aromatic ring is 1. The summed E-state index contributed by atoms with van der Waals surface area (Å²) in [6, 6.07) is 2.89. The number of thioether (sulfide) groups is 1. The van der Waals surface area contributed by atoms with E-state index in [1.165, 1.54) is 23.9 Å². The molecule has 0 unspecified atom stereocenters. The van der Waals surface area contributed by atoms with Gasteiger partial charge in [-0.2, -0.15) is 0 Å². The van der Waals surface area contributed by atoms with Crippen LogP contribution >= 0.6 is 11.8 Å². The highest BCUT2D eigenvalue weighted by Gasteiger charge is 2.16. The van der Waals surface area contributed by atoms with E-state index in [0.29, 0.717) is 16.8 Å². The summed E-state index contributed by atoms with van der Waals surface area (Å²) < 4.78 is 0. The van der Waals surface area contributed by atoms with Gasteiger partial charge in [0.2, 0.25) is 0 Å². The third-order valence-corrected chi connectivity index (χ3v) is 3.15. The van der Waals surface area contributed by atoms with Crippen molar-refractivity contribution < 1.29 is 4.92 Å². The van der Waals surface area contributed by atoms with E-state index in [0.717, 1.165) is 5.75 Å². The molecule has 0 radical (unpaired) electrons. The average molecular weight is 242 g/mol. The maximum atomic E-state index is 10.8. The quantitative estimate of drug-likeness (QED) is 0.355. The number of nitrogens with two attached hydrogens (primary N) is 1. The predicted octanol–water partition coefficient (Wildman–Crippen LogP) is 2.02. The lowest BCUT2D eigenvalue weighted by Crippen LogP contribution is -2.09. The molecule has 0 spiro atoms. The predicted molar refractivity (Wildman–Crippen MR) is 64.3 cm³/mol. The molecule has 7 heteroatoms. The molecule has 0 atom stereocenters. The average Bonchev–Trinajstić information content (AvgIpc) is 2.25. The maximum absolute atomic E-state index is 10.8. The molecule has 0 aliphatic rings. The minimum Gasteiger partial charge on any atom is -0.308 e. The molecule has 6 nitrogen and oxygen atoms in total. The highest BCUT2D eigenvalue weighted by molar-refractivity contribution is 7.99. The minimum atomic E-state index is -0.435. The van der Waals surface area contributed by atoms with Crippen molar-refractivity contribution in [2.75, 3.05) is 11.2 Å². The molecule has 0 saturated heterocycles. The zero-order chi connectivity index (χ0) is 12.1. The zero-order valence-corrected chi connectivity index (χ0v) is 9.95. The lowest BCUT2D eigenvalue weighted by Gasteiger charge is -2.06. The Labute approximate surface area is 97.7 Å². The number of hydrogen-bond donors (Lipinski definition) is 2. The molecule has 88 valence electrons. The third kappa shape index (κ3) is 3.35. The van der Waals surface area contributed by atoms with Gasteiger partial charge in [-0.3, -0.25) is 10.1 Å². The van der Waals surface area contributed by atoms with Crippen molar-refractivity contribution in [3.05, 3.63) is 22.2 Å². The Morgan fingerprint density at radius 3 is 2.81 bits per heavy atom. The van der Waals surface area contributed by atoms with E-state index in [2.05, 4.69) is 10.4 Å². The first-order valence-corrected chi connectivity index (χ1v) is 5.78. The number of aromatic nitrogens is 1. The number of pyridine rings is 1. The molecular weight excluding hydrogens is 228 g/mol. The summed E-state index contributed by atoms with van der Waals surface area (Å²) in [6.45, 7) is 4.09. The molecular formula is C9H14N4O2S. The van der Waals surface area contributed by atoms with Crippen molar-refractivity contribution in [2.24, 2.45) is 11.8 Å². The summed E-state index contributed by atoms with van der Waals surface area (Å²) in [5.41, 5.74) is 2.39. The summed E-state index contributed by atoms with van der Waals surface area (Å²) in [5.74, 6) is 6.86. The fourth-order valence-corrected chi connectivity index (χ4v) is 1.95. The van der Waals surface area contributed by atoms with E-state index in [1.54, 1.807) is 0 Å². The van der Waals surface area contributed by atoms with Crippen molar-refractivity contribution in [3.63, 3.8) is 0 Å². The first-order chi connectivity index (χ1) is 7.54. The minimum absolute atomic E-state index is 0.0182. The SMILES string of the molecule is CC(C)CSc1nc(NN)ccc1[N+](=O)[O-]. The van der Waals surface area contributed by atoms with Crippen molar-refractivity contribution in [1.29, 1.82) is 0 Å². The Hall–Kier alpha value is -1.34. The van der Waals surface area contributed by atoms with Crippen LogP contribution in [-0.4, -0.2) is 15.7 Å². The molecule has 1 aromatic heterocycles. The number of nitrogens with zero attached hydrogens (tertiary/aromatic N) is 2. The van der Waals surface area contributed by atoms with Gasteiger partial charge in [0.05, 0.1) is 4.92 Å². The van der Waals surface area contributed by atoms with Crippen LogP contribution in [0, 0.1) is 16.0 Å². The van der Waals surface area contributed by atoms with Crippen LogP contribution in [0.3, 0.4) is 0 Å². The van der Waals surface area contributed by atoms with E-state index in [1.807, 2.05) is 13.8 Å². The smallest absolute Gasteiger partial charge is 0.301 e. The number of nitrogens with one attached hydrogen (secondary N) is 1. The molecule has 0 amide bonds. The first-order valence-electron chi connectivity index (χ1n) is 4.79. The Morgan fingerprint density at radius 2 is 2.31 bits per heavy atom. The fraction of sp³-hybridized carbons (Fsp3) is 0.444. The van der Waals surface area contributed by atoms with Crippen molar-refractivity contribution in [2.45, 2.75) is 18.9 Å². The molecule has 1 rings (SSSR count). The Balaban J connectivity index is 2.96. The van der Waals surface area contributed by atoms with Gasteiger partial charge in [-0.1, -0.05) is 25.6 Å². The van der Waals surface area contributed by atoms with Crippen LogP contribution in [-0.2, 0) is 0 Å². The van der Waals surface area contributed by atoms with Crippen LogP contribution in [0.25, 0.3) is 0 Å². The zero-order valence-electron chi connectivity index (χ0n) is 9.14. The van der Waals surface area contributed by atoms with Gasteiger partial charge >= 0.3 is 5.69 Å². The number of rotatable bonds is 5. The van der Waals surface area contributed by atoms with Gasteiger partial charge in [-0.15, -0.1) is 0 Å². The molecule has 1 heterocycles. The standard InChI is InChI=1S/C9H14N4O2S/c1-6(2)5-16-9-7(13(14)15)3-4-8(11-9)12-10/h3-4,6H,5,10H2,1-2H3,(H,11,12). The molecule has 0 aliphatic heterocycles. The topological polar surface area (TPSA) is 94.1 Å². The van der Waals surface area contributed by atoms with Crippen LogP contribution in [0.15, 0.2) is 17.2 Å². The Bertz CT molecular complexity index is 384. The molecule has 0 bridgehead atoms. The van der Waals surface area contributed by atoms with E-state index < -0.39 is 4.92 Å². The molecule has 0 aliphatic carbocycles. The molecule has 0 fully saturated rings. The van der Waals surface area contributed by atoms with Crippen LogP contribution in [0.4, 0.5) is 11.5 Å². The highest BCUT2D eigenvalue weighted by atomic mass is 32.2. The molecule has 0 saturated carbocycles. The summed E-state index contributed by atoms with van der Waals surface area (Å²) in [7, 11) is 0. The van der Waals surface area contributed by atoms with Crippen molar-refractivity contribution in [1.82, 2.24) is 4.98 Å². The van der Waals surface area contributed by atoms with Crippen molar-refractivity contribution in [3.8, 4) is 0 Å². The van der Waals surface area contributed by atoms with Gasteiger partial charge in [-0.25, -0.2) is 10.8 Å². The number of hydrazine groups is 1. The van der Waals surface area contributed by atoms with Gasteiger partial charge in [0.15, 0.2) is 5.03 Å². The summed E-state index contributed by atoms with van der Waals surface area (Å²) in [4.78, 5) is 14.4. The van der Waals surface area contributed by atoms with Crippen LogP contribution < -0.4 is 11.3 Å². The van der Waals surface area contributed by atoms with Gasteiger partial charge < -0.3 is 5.43 Å². The third-order valence-electron chi connectivity index (χ3n) is 1.74. The Kier molecular flexibility index (Phi) is 4.51. The van der Waals surface area contributed by atoms with E-state index in [-0.39, 0.29) is 5.69 Å². The number of anilines is 1. The Morgan fingerprint density at radius 1 is 1.62 bits per heavy atom. The van der Waals surface area contributed by atoms with E-state index in [9.17, 15) is 10.1 Å². The van der Waals surface area contributed by atoms with Crippen molar-refractivity contribution >= 4 is 23.3 Å². The monoisotopic (exact) mass is 242 g/mol. The van der Waals surface area contributed by atoms with Gasteiger partial charge in [0.25, 0.3) is 0 Å². The number of hydrogen-bond acceptors (Lipinski definition) is 6. The number of nitro groups is 1. The molecule has 0 aromatic carbocycles. The first kappa shape index (κ1) is 12.7. The highest BCUT2D eigenvalue weighted by Crippen LogP contribution is 2.29. The van der Waals surface area contributed by atoms with Crippen LogP contribution in [0.5, 0.6) is 0 Å². The molecule has 3 N–H and O–H groups in total. The van der Waals surface area contributed by atoms with E-state index >= 15 is 0 Å². The molecule has 1 aromatic rings. The second-order valence-corrected chi connectivity index (χ2v) is 4.64. The normalized spacial score (nSPS) is 10.5. The van der Waals surface area contributed by atoms with E-state index in [4.69, 9.17) is 5.84 Å². The largest absolute Gasteiger partial charge is 0.308 e. The summed E-state index contributed by atoms with van der Waals surface area (Å²) >= 11 is 1.36. The summed E-state index contributed by atoms with van der Waals surface area (Å²) in [6.07, 6.45) is 0. The van der Waals surface area contributed by atoms with Crippen LogP contribution in [0.1, 0.15) is 13.8 Å². The second kappa shape index (κ2) is 5.66. The lowest BCUT2D eigenvalue weighted by atomic mass is 10.3.